The first-order chi connectivity index (χ1) is 5.84. The molecule has 0 aromatic heterocycles. The molecule has 4 bridgehead atoms. The fourth-order valence-electron chi connectivity index (χ4n) is 2.93. The summed E-state index contributed by atoms with van der Waals surface area (Å²) in [7, 11) is 0. The van der Waals surface area contributed by atoms with E-state index in [2.05, 4.69) is 18.7 Å². The van der Waals surface area contributed by atoms with E-state index in [9.17, 15) is 0 Å². The molecule has 1 saturated heterocycles. The van der Waals surface area contributed by atoms with Crippen molar-refractivity contribution in [3.8, 4) is 0 Å². The Hall–Kier alpha value is -0.560. The first-order valence-corrected chi connectivity index (χ1v) is 4.86. The highest BCUT2D eigenvalue weighted by molar-refractivity contribution is 5.21. The van der Waals surface area contributed by atoms with Gasteiger partial charge in [-0.2, -0.15) is 0 Å². The Morgan fingerprint density at radius 2 is 2.25 bits per heavy atom. The maximum atomic E-state index is 5.92. The molecule has 0 amide bonds. The van der Waals surface area contributed by atoms with Gasteiger partial charge in [-0.25, -0.2) is 0 Å². The molecule has 0 aromatic carbocycles. The number of hydrogen-bond donors (Lipinski definition) is 0. The van der Waals surface area contributed by atoms with Crippen LogP contribution in [0.15, 0.2) is 24.3 Å². The van der Waals surface area contributed by atoms with Gasteiger partial charge in [-0.15, -0.1) is 0 Å². The van der Waals surface area contributed by atoms with Gasteiger partial charge >= 0.3 is 0 Å². The fraction of sp³-hybridized carbons (Fsp3) is 0.636. The van der Waals surface area contributed by atoms with Crippen molar-refractivity contribution >= 4 is 0 Å². The predicted molar refractivity (Wildman–Crippen MR) is 47.8 cm³/mol. The smallest absolute Gasteiger partial charge is 0.0797 e. The summed E-state index contributed by atoms with van der Waals surface area (Å²) in [6.07, 6.45) is 9.08. The lowest BCUT2D eigenvalue weighted by atomic mass is 9.89. The molecule has 2 aliphatic heterocycles. The van der Waals surface area contributed by atoms with Gasteiger partial charge in [-0.1, -0.05) is 24.3 Å². The number of rotatable bonds is 0. The molecule has 0 aromatic rings. The van der Waals surface area contributed by atoms with Gasteiger partial charge in [0.25, 0.3) is 0 Å². The van der Waals surface area contributed by atoms with Crippen molar-refractivity contribution in [1.82, 2.24) is 0 Å². The monoisotopic (exact) mass is 162 g/mol. The van der Waals surface area contributed by atoms with Crippen molar-refractivity contribution in [1.29, 1.82) is 0 Å². The van der Waals surface area contributed by atoms with Crippen LogP contribution < -0.4 is 0 Å². The molecule has 4 aliphatic rings. The zero-order valence-corrected chi connectivity index (χ0v) is 7.20. The van der Waals surface area contributed by atoms with Gasteiger partial charge in [0.2, 0.25) is 0 Å². The van der Waals surface area contributed by atoms with E-state index in [1.165, 1.54) is 18.4 Å². The van der Waals surface area contributed by atoms with E-state index < -0.39 is 0 Å². The summed E-state index contributed by atoms with van der Waals surface area (Å²) in [5, 5.41) is 0. The van der Waals surface area contributed by atoms with Crippen LogP contribution in [0.5, 0.6) is 0 Å². The standard InChI is InChI=1S/C11H14O/c1-7-6-8-2-3-10-9(7)4-5-11(10)12-8/h2-3,8-11H,1,4-6H2/t8-,9+,10-,11-/m1/s1. The maximum absolute atomic E-state index is 5.92. The normalized spacial score (nSPS) is 49.8. The second kappa shape index (κ2) is 2.23. The van der Waals surface area contributed by atoms with Crippen LogP contribution in [0.1, 0.15) is 19.3 Å². The summed E-state index contributed by atoms with van der Waals surface area (Å²) in [6.45, 7) is 4.17. The van der Waals surface area contributed by atoms with Crippen LogP contribution in [0.2, 0.25) is 0 Å². The summed E-state index contributed by atoms with van der Waals surface area (Å²) in [5.74, 6) is 1.40. The van der Waals surface area contributed by atoms with E-state index in [0.29, 0.717) is 18.1 Å². The molecule has 2 heterocycles. The topological polar surface area (TPSA) is 9.23 Å². The molecule has 2 fully saturated rings. The van der Waals surface area contributed by atoms with Crippen LogP contribution in [0.4, 0.5) is 0 Å². The van der Waals surface area contributed by atoms with Gasteiger partial charge in [0, 0.05) is 5.92 Å². The molecular weight excluding hydrogens is 148 g/mol. The van der Waals surface area contributed by atoms with E-state index in [1.54, 1.807) is 0 Å². The molecule has 0 N–H and O–H groups in total. The van der Waals surface area contributed by atoms with Crippen LogP contribution in [-0.4, -0.2) is 12.2 Å². The molecule has 4 rings (SSSR count). The Morgan fingerprint density at radius 1 is 1.33 bits per heavy atom. The van der Waals surface area contributed by atoms with Crippen molar-refractivity contribution in [2.24, 2.45) is 11.8 Å². The average molecular weight is 162 g/mol. The minimum absolute atomic E-state index is 0.351. The van der Waals surface area contributed by atoms with E-state index in [-0.39, 0.29) is 0 Å². The van der Waals surface area contributed by atoms with E-state index in [0.717, 1.165) is 12.3 Å². The highest BCUT2D eigenvalue weighted by atomic mass is 16.5. The molecule has 1 saturated carbocycles. The van der Waals surface area contributed by atoms with Crippen molar-refractivity contribution in [3.05, 3.63) is 24.3 Å². The number of hydrogen-bond acceptors (Lipinski definition) is 1. The number of fused-ring (bicyclic) bond motifs is 1. The Labute approximate surface area is 73.1 Å². The SMILES string of the molecule is C=C1C[C@H]2C=C[C@H]3[C@@H](CC[C@@H]13)O2. The molecule has 0 unspecified atom stereocenters. The fourth-order valence-corrected chi connectivity index (χ4v) is 2.93. The lowest BCUT2D eigenvalue weighted by molar-refractivity contribution is -0.00181. The summed E-state index contributed by atoms with van der Waals surface area (Å²) in [6, 6.07) is 0. The molecule has 4 atom stereocenters. The zero-order chi connectivity index (χ0) is 8.13. The molecule has 0 radical (unpaired) electrons. The van der Waals surface area contributed by atoms with Gasteiger partial charge < -0.3 is 4.74 Å². The predicted octanol–water partition coefficient (Wildman–Crippen LogP) is 2.30. The van der Waals surface area contributed by atoms with Gasteiger partial charge in [-0.3, -0.25) is 0 Å². The third-order valence-corrected chi connectivity index (χ3v) is 3.54. The molecule has 12 heavy (non-hydrogen) atoms. The lowest BCUT2D eigenvalue weighted by Gasteiger charge is -2.24. The quantitative estimate of drug-likeness (QED) is 0.497. The van der Waals surface area contributed by atoms with Crippen LogP contribution >= 0.6 is 0 Å². The van der Waals surface area contributed by atoms with Gasteiger partial charge in [-0.05, 0) is 25.2 Å². The van der Waals surface area contributed by atoms with E-state index in [1.807, 2.05) is 0 Å². The minimum Gasteiger partial charge on any atom is -0.370 e. The zero-order valence-electron chi connectivity index (χ0n) is 7.20. The summed E-state index contributed by atoms with van der Waals surface area (Å²) in [4.78, 5) is 0. The van der Waals surface area contributed by atoms with Gasteiger partial charge in [0.15, 0.2) is 0 Å². The lowest BCUT2D eigenvalue weighted by Crippen LogP contribution is -2.25. The van der Waals surface area contributed by atoms with Crippen LogP contribution in [0.3, 0.4) is 0 Å². The van der Waals surface area contributed by atoms with Crippen LogP contribution in [0.25, 0.3) is 0 Å². The summed E-state index contributed by atoms with van der Waals surface area (Å²) in [5.41, 5.74) is 1.43. The highest BCUT2D eigenvalue weighted by Gasteiger charge is 2.42. The van der Waals surface area contributed by atoms with Crippen molar-refractivity contribution in [2.45, 2.75) is 31.5 Å². The highest BCUT2D eigenvalue weighted by Crippen LogP contribution is 2.46. The Kier molecular flexibility index (Phi) is 1.28. The van der Waals surface area contributed by atoms with Gasteiger partial charge in [0.1, 0.15) is 0 Å². The number of ether oxygens (including phenoxy) is 1. The van der Waals surface area contributed by atoms with Gasteiger partial charge in [0.05, 0.1) is 12.2 Å². The van der Waals surface area contributed by atoms with E-state index >= 15 is 0 Å². The second-order valence-corrected chi connectivity index (χ2v) is 4.22. The largest absolute Gasteiger partial charge is 0.370 e. The Balaban J connectivity index is 2.05. The summed E-state index contributed by atoms with van der Waals surface area (Å²) < 4.78 is 5.92. The molecule has 0 spiro atoms. The Bertz CT molecular complexity index is 254. The third kappa shape index (κ3) is 0.776. The van der Waals surface area contributed by atoms with Crippen molar-refractivity contribution in [3.63, 3.8) is 0 Å². The molecule has 1 nitrogen and oxygen atoms in total. The maximum Gasteiger partial charge on any atom is 0.0797 e. The Morgan fingerprint density at radius 3 is 3.17 bits per heavy atom. The first kappa shape index (κ1) is 6.90. The minimum atomic E-state index is 0.351. The van der Waals surface area contributed by atoms with Crippen LogP contribution in [-0.2, 0) is 4.74 Å². The first-order valence-electron chi connectivity index (χ1n) is 4.86. The molecule has 1 heteroatoms. The molecular formula is C11H14O. The van der Waals surface area contributed by atoms with Crippen molar-refractivity contribution < 1.29 is 4.74 Å². The third-order valence-electron chi connectivity index (χ3n) is 3.54. The van der Waals surface area contributed by atoms with E-state index in [4.69, 9.17) is 4.74 Å². The second-order valence-electron chi connectivity index (χ2n) is 4.22. The molecule has 2 aliphatic carbocycles. The summed E-state index contributed by atoms with van der Waals surface area (Å²) >= 11 is 0. The molecule has 64 valence electrons. The average Bonchev–Trinajstić information content (AvgIpc) is 2.34. The van der Waals surface area contributed by atoms with Crippen LogP contribution in [0, 0.1) is 11.8 Å². The van der Waals surface area contributed by atoms with Crippen molar-refractivity contribution in [2.75, 3.05) is 0 Å².